The van der Waals surface area contributed by atoms with Gasteiger partial charge in [-0.05, 0) is 24.6 Å². The second-order valence-corrected chi connectivity index (χ2v) is 4.20. The zero-order valence-electron chi connectivity index (χ0n) is 11.6. The Morgan fingerprint density at radius 3 is 2.84 bits per heavy atom. The van der Waals surface area contributed by atoms with E-state index in [1.54, 1.807) is 25.3 Å². The second kappa shape index (κ2) is 8.37. The lowest BCUT2D eigenvalue weighted by atomic mass is 10.1. The molecule has 5 heteroatoms. The summed E-state index contributed by atoms with van der Waals surface area (Å²) in [6.07, 6.45) is 2.01. The Labute approximate surface area is 114 Å². The third kappa shape index (κ3) is 5.18. The molecule has 5 nitrogen and oxygen atoms in total. The molecule has 1 rings (SSSR count). The zero-order valence-corrected chi connectivity index (χ0v) is 11.6. The third-order valence-electron chi connectivity index (χ3n) is 2.62. The van der Waals surface area contributed by atoms with Gasteiger partial charge in [-0.15, -0.1) is 0 Å². The van der Waals surface area contributed by atoms with E-state index >= 15 is 0 Å². The molecule has 0 unspecified atom stereocenters. The number of ether oxygens (including phenoxy) is 2. The van der Waals surface area contributed by atoms with Crippen molar-refractivity contribution in [1.29, 1.82) is 0 Å². The van der Waals surface area contributed by atoms with Gasteiger partial charge in [0.1, 0.15) is 5.75 Å². The average molecular weight is 266 g/mol. The molecule has 1 aromatic rings. The van der Waals surface area contributed by atoms with Crippen LogP contribution in [-0.4, -0.2) is 32.8 Å². The highest BCUT2D eigenvalue weighted by Crippen LogP contribution is 2.23. The Bertz CT molecular complexity index is 408. The molecule has 0 aliphatic heterocycles. The van der Waals surface area contributed by atoms with E-state index in [0.717, 1.165) is 12.8 Å². The van der Waals surface area contributed by atoms with E-state index in [-0.39, 0.29) is 5.91 Å². The van der Waals surface area contributed by atoms with Crippen LogP contribution in [0.3, 0.4) is 0 Å². The van der Waals surface area contributed by atoms with Gasteiger partial charge in [0.25, 0.3) is 5.91 Å². The molecule has 0 aliphatic carbocycles. The van der Waals surface area contributed by atoms with Crippen molar-refractivity contribution in [3.8, 4) is 5.75 Å². The molecule has 1 aromatic carbocycles. The van der Waals surface area contributed by atoms with Gasteiger partial charge in [-0.1, -0.05) is 13.3 Å². The van der Waals surface area contributed by atoms with Gasteiger partial charge in [0.15, 0.2) is 0 Å². The highest BCUT2D eigenvalue weighted by atomic mass is 16.5. The molecule has 3 N–H and O–H groups in total. The number of hydrogen-bond acceptors (Lipinski definition) is 4. The van der Waals surface area contributed by atoms with Gasteiger partial charge in [-0.3, -0.25) is 4.79 Å². The number of benzene rings is 1. The number of rotatable bonds is 8. The van der Waals surface area contributed by atoms with Gasteiger partial charge < -0.3 is 20.5 Å². The van der Waals surface area contributed by atoms with Gasteiger partial charge in [0.05, 0.1) is 18.9 Å². The number of hydrogen-bond donors (Lipinski definition) is 2. The normalized spacial score (nSPS) is 10.2. The van der Waals surface area contributed by atoms with Crippen molar-refractivity contribution in [3.05, 3.63) is 23.8 Å². The molecule has 0 saturated carbocycles. The lowest BCUT2D eigenvalue weighted by Gasteiger charge is -2.10. The average Bonchev–Trinajstić information content (AvgIpc) is 2.41. The first-order valence-electron chi connectivity index (χ1n) is 6.48. The third-order valence-corrected chi connectivity index (χ3v) is 2.62. The van der Waals surface area contributed by atoms with Crippen LogP contribution >= 0.6 is 0 Å². The minimum absolute atomic E-state index is 0.155. The first kappa shape index (κ1) is 15.3. The van der Waals surface area contributed by atoms with Gasteiger partial charge >= 0.3 is 0 Å². The molecule has 0 aliphatic rings. The van der Waals surface area contributed by atoms with Crippen LogP contribution in [-0.2, 0) is 4.74 Å². The summed E-state index contributed by atoms with van der Waals surface area (Å²) >= 11 is 0. The van der Waals surface area contributed by atoms with E-state index in [0.29, 0.717) is 36.8 Å². The van der Waals surface area contributed by atoms with Gasteiger partial charge in [0, 0.05) is 19.2 Å². The Hall–Kier alpha value is -1.75. The Balaban J connectivity index is 2.63. The topological polar surface area (TPSA) is 73.6 Å². The number of carbonyl (C=O) groups excluding carboxylic acids is 1. The minimum Gasteiger partial charge on any atom is -0.491 e. The molecule has 0 atom stereocenters. The fourth-order valence-electron chi connectivity index (χ4n) is 1.50. The number of amides is 1. The fraction of sp³-hybridized carbons (Fsp3) is 0.500. The van der Waals surface area contributed by atoms with Crippen molar-refractivity contribution in [2.45, 2.75) is 19.8 Å². The first-order valence-corrected chi connectivity index (χ1v) is 6.48. The van der Waals surface area contributed by atoms with Gasteiger partial charge in [0.2, 0.25) is 0 Å². The minimum atomic E-state index is -0.155. The van der Waals surface area contributed by atoms with E-state index in [9.17, 15) is 4.79 Å². The predicted molar refractivity (Wildman–Crippen MR) is 75.5 cm³/mol. The lowest BCUT2D eigenvalue weighted by molar-refractivity contribution is 0.0936. The summed E-state index contributed by atoms with van der Waals surface area (Å²) < 4.78 is 10.4. The van der Waals surface area contributed by atoms with Crippen LogP contribution in [0.1, 0.15) is 30.1 Å². The molecule has 0 bridgehead atoms. The SMILES string of the molecule is CCCCOc1cc(C(=O)NCCOC)ccc1N. The lowest BCUT2D eigenvalue weighted by Crippen LogP contribution is -2.26. The number of nitrogens with one attached hydrogen (secondary N) is 1. The molecule has 1 amide bonds. The standard InChI is InChI=1S/C14H22N2O3/c1-3-4-8-19-13-10-11(5-6-12(13)15)14(17)16-7-9-18-2/h5-6,10H,3-4,7-9,15H2,1-2H3,(H,16,17). The van der Waals surface area contributed by atoms with E-state index < -0.39 is 0 Å². The number of unbranched alkanes of at least 4 members (excludes halogenated alkanes) is 1. The maximum absolute atomic E-state index is 11.8. The number of methoxy groups -OCH3 is 1. The Kier molecular flexibility index (Phi) is 6.74. The van der Waals surface area contributed by atoms with Crippen molar-refractivity contribution in [3.63, 3.8) is 0 Å². The van der Waals surface area contributed by atoms with Crippen LogP contribution in [0.15, 0.2) is 18.2 Å². The smallest absolute Gasteiger partial charge is 0.251 e. The molecule has 0 heterocycles. The summed E-state index contributed by atoms with van der Waals surface area (Å²) in [5.41, 5.74) is 6.90. The van der Waals surface area contributed by atoms with Crippen LogP contribution < -0.4 is 15.8 Å². The summed E-state index contributed by atoms with van der Waals surface area (Å²) in [6.45, 7) is 3.66. The second-order valence-electron chi connectivity index (χ2n) is 4.20. The summed E-state index contributed by atoms with van der Waals surface area (Å²) in [6, 6.07) is 5.05. The van der Waals surface area contributed by atoms with Gasteiger partial charge in [-0.25, -0.2) is 0 Å². The molecule has 0 aromatic heterocycles. The maximum atomic E-state index is 11.8. The number of anilines is 1. The monoisotopic (exact) mass is 266 g/mol. The highest BCUT2D eigenvalue weighted by molar-refractivity contribution is 5.95. The number of nitrogen functional groups attached to an aromatic ring is 1. The summed E-state index contributed by atoms with van der Waals surface area (Å²) in [5.74, 6) is 0.408. The van der Waals surface area contributed by atoms with Crippen LogP contribution in [0, 0.1) is 0 Å². The van der Waals surface area contributed by atoms with E-state index in [4.69, 9.17) is 15.2 Å². The predicted octanol–water partition coefficient (Wildman–Crippen LogP) is 1.82. The largest absolute Gasteiger partial charge is 0.491 e. The quantitative estimate of drug-likeness (QED) is 0.556. The number of carbonyl (C=O) groups is 1. The molecule has 0 spiro atoms. The van der Waals surface area contributed by atoms with E-state index in [1.807, 2.05) is 0 Å². The summed E-state index contributed by atoms with van der Waals surface area (Å²) in [4.78, 5) is 11.8. The Morgan fingerprint density at radius 1 is 1.37 bits per heavy atom. The van der Waals surface area contributed by atoms with Crippen LogP contribution in [0.4, 0.5) is 5.69 Å². The maximum Gasteiger partial charge on any atom is 0.251 e. The molecule has 19 heavy (non-hydrogen) atoms. The zero-order chi connectivity index (χ0) is 14.1. The molecule has 0 radical (unpaired) electrons. The van der Waals surface area contributed by atoms with Crippen LogP contribution in [0.2, 0.25) is 0 Å². The van der Waals surface area contributed by atoms with Gasteiger partial charge in [-0.2, -0.15) is 0 Å². The molecular formula is C14H22N2O3. The first-order chi connectivity index (χ1) is 9.19. The summed E-state index contributed by atoms with van der Waals surface area (Å²) in [5, 5.41) is 2.75. The van der Waals surface area contributed by atoms with E-state index in [2.05, 4.69) is 12.2 Å². The van der Waals surface area contributed by atoms with Crippen molar-refractivity contribution in [2.24, 2.45) is 0 Å². The molecule has 0 saturated heterocycles. The highest BCUT2D eigenvalue weighted by Gasteiger charge is 2.08. The van der Waals surface area contributed by atoms with Crippen molar-refractivity contribution < 1.29 is 14.3 Å². The number of nitrogens with two attached hydrogens (primary N) is 1. The molecule has 0 fully saturated rings. The van der Waals surface area contributed by atoms with Crippen LogP contribution in [0.25, 0.3) is 0 Å². The Morgan fingerprint density at radius 2 is 2.16 bits per heavy atom. The van der Waals surface area contributed by atoms with Crippen molar-refractivity contribution in [2.75, 3.05) is 32.6 Å². The summed E-state index contributed by atoms with van der Waals surface area (Å²) in [7, 11) is 1.59. The van der Waals surface area contributed by atoms with Crippen molar-refractivity contribution in [1.82, 2.24) is 5.32 Å². The molecular weight excluding hydrogens is 244 g/mol. The van der Waals surface area contributed by atoms with Crippen molar-refractivity contribution >= 4 is 11.6 Å². The van der Waals surface area contributed by atoms with Crippen LogP contribution in [0.5, 0.6) is 5.75 Å². The molecule has 106 valence electrons. The van der Waals surface area contributed by atoms with E-state index in [1.165, 1.54) is 0 Å². The fourth-order valence-corrected chi connectivity index (χ4v) is 1.50.